The largest absolute Gasteiger partial charge is 0.369 e. The minimum Gasteiger partial charge on any atom is -0.369 e. The number of imidazole rings is 1. The maximum absolute atomic E-state index is 5.77. The Morgan fingerprint density at radius 1 is 1.43 bits per heavy atom. The number of nitrogen functional groups attached to an aromatic ring is 1. The molecule has 2 aromatic rings. The van der Waals surface area contributed by atoms with Gasteiger partial charge in [0.1, 0.15) is 0 Å². The van der Waals surface area contributed by atoms with Gasteiger partial charge in [-0.25, -0.2) is 4.98 Å². The Balaban J connectivity index is 2.71. The number of fused-ring (bicyclic) bond motifs is 1. The molecule has 1 heterocycles. The highest BCUT2D eigenvalue weighted by Crippen LogP contribution is 2.21. The highest BCUT2D eigenvalue weighted by Gasteiger charge is 2.07. The Bertz CT molecular complexity index is 457. The van der Waals surface area contributed by atoms with Crippen molar-refractivity contribution in [3.05, 3.63) is 23.8 Å². The fourth-order valence-corrected chi connectivity index (χ4v) is 1.84. The molecule has 1 aromatic heterocycles. The van der Waals surface area contributed by atoms with Gasteiger partial charge in [-0.1, -0.05) is 25.5 Å². The van der Waals surface area contributed by atoms with Gasteiger partial charge in [0, 0.05) is 7.05 Å². The van der Waals surface area contributed by atoms with Crippen molar-refractivity contribution in [1.82, 2.24) is 9.55 Å². The smallest absolute Gasteiger partial charge is 0.200 e. The van der Waals surface area contributed by atoms with Crippen LogP contribution in [0.4, 0.5) is 5.95 Å². The molecule has 0 fully saturated rings. The van der Waals surface area contributed by atoms with E-state index in [1.165, 1.54) is 11.1 Å². The summed E-state index contributed by atoms with van der Waals surface area (Å²) in [6, 6.07) is 6.19. The number of nitrogens with two attached hydrogens (primary N) is 1. The Morgan fingerprint density at radius 2 is 2.21 bits per heavy atom. The maximum atomic E-state index is 5.77. The Morgan fingerprint density at radius 3 is 2.93 bits per heavy atom. The second-order valence-corrected chi connectivity index (χ2v) is 3.56. The van der Waals surface area contributed by atoms with Gasteiger partial charge in [0.25, 0.3) is 0 Å². The summed E-state index contributed by atoms with van der Waals surface area (Å²) in [5.74, 6) is 0.587. The van der Waals surface area contributed by atoms with Gasteiger partial charge in [-0.2, -0.15) is 0 Å². The third-order valence-corrected chi connectivity index (χ3v) is 2.53. The van der Waals surface area contributed by atoms with Gasteiger partial charge >= 0.3 is 0 Å². The first-order valence-electron chi connectivity index (χ1n) is 4.93. The van der Waals surface area contributed by atoms with Crippen LogP contribution in [0.25, 0.3) is 11.0 Å². The quantitative estimate of drug-likeness (QED) is 0.786. The van der Waals surface area contributed by atoms with Crippen LogP contribution < -0.4 is 5.73 Å². The molecule has 0 atom stereocenters. The van der Waals surface area contributed by atoms with Crippen molar-refractivity contribution in [2.24, 2.45) is 7.05 Å². The Kier molecular flexibility index (Phi) is 2.15. The average molecular weight is 189 g/mol. The van der Waals surface area contributed by atoms with Crippen molar-refractivity contribution in [1.29, 1.82) is 0 Å². The van der Waals surface area contributed by atoms with Crippen molar-refractivity contribution in [3.63, 3.8) is 0 Å². The summed E-state index contributed by atoms with van der Waals surface area (Å²) in [6.07, 6.45) is 2.22. The molecule has 0 aliphatic carbocycles. The van der Waals surface area contributed by atoms with Crippen LogP contribution in [-0.2, 0) is 13.5 Å². The number of aromatic nitrogens is 2. The summed E-state index contributed by atoms with van der Waals surface area (Å²) >= 11 is 0. The van der Waals surface area contributed by atoms with Crippen LogP contribution >= 0.6 is 0 Å². The van der Waals surface area contributed by atoms with E-state index >= 15 is 0 Å². The third-order valence-electron chi connectivity index (χ3n) is 2.53. The number of hydrogen-bond acceptors (Lipinski definition) is 2. The van der Waals surface area contributed by atoms with Gasteiger partial charge in [-0.05, 0) is 18.1 Å². The lowest BCUT2D eigenvalue weighted by atomic mass is 10.1. The summed E-state index contributed by atoms with van der Waals surface area (Å²) in [4.78, 5) is 4.30. The lowest BCUT2D eigenvalue weighted by Crippen LogP contribution is -1.98. The van der Waals surface area contributed by atoms with Crippen molar-refractivity contribution in [2.75, 3.05) is 5.73 Å². The number of nitrogens with zero attached hydrogens (tertiary/aromatic N) is 2. The normalized spacial score (nSPS) is 11.0. The summed E-state index contributed by atoms with van der Waals surface area (Å²) in [7, 11) is 1.96. The standard InChI is InChI=1S/C11H15N3/c1-3-5-8-6-4-7-9-10(8)14(2)11(12)13-9/h4,6-7H,3,5H2,1-2H3,(H2,12,13). The summed E-state index contributed by atoms with van der Waals surface area (Å²) < 4.78 is 1.96. The molecule has 1 aromatic carbocycles. The topological polar surface area (TPSA) is 43.8 Å². The van der Waals surface area contributed by atoms with E-state index in [2.05, 4.69) is 18.0 Å². The van der Waals surface area contributed by atoms with Crippen LogP contribution in [0.3, 0.4) is 0 Å². The average Bonchev–Trinajstić information content (AvgIpc) is 2.45. The molecule has 14 heavy (non-hydrogen) atoms. The molecule has 0 saturated carbocycles. The molecule has 0 spiro atoms. The van der Waals surface area contributed by atoms with E-state index in [-0.39, 0.29) is 0 Å². The van der Waals surface area contributed by atoms with Crippen LogP contribution in [-0.4, -0.2) is 9.55 Å². The molecule has 0 aliphatic heterocycles. The van der Waals surface area contributed by atoms with Crippen LogP contribution in [0.2, 0.25) is 0 Å². The number of rotatable bonds is 2. The molecule has 2 rings (SSSR count). The third kappa shape index (κ3) is 1.25. The first kappa shape index (κ1) is 9.06. The molecule has 0 aliphatic rings. The predicted molar refractivity (Wildman–Crippen MR) is 59.1 cm³/mol. The highest BCUT2D eigenvalue weighted by molar-refractivity contribution is 5.81. The fourth-order valence-electron chi connectivity index (χ4n) is 1.84. The van der Waals surface area contributed by atoms with E-state index in [4.69, 9.17) is 5.73 Å². The maximum Gasteiger partial charge on any atom is 0.200 e. The molecular weight excluding hydrogens is 174 g/mol. The molecule has 3 nitrogen and oxygen atoms in total. The van der Waals surface area contributed by atoms with Gasteiger partial charge in [0.2, 0.25) is 5.95 Å². The zero-order valence-corrected chi connectivity index (χ0v) is 8.62. The van der Waals surface area contributed by atoms with Gasteiger partial charge in [-0.3, -0.25) is 0 Å². The molecule has 0 unspecified atom stereocenters. The SMILES string of the molecule is CCCc1cccc2nc(N)n(C)c12. The van der Waals surface area contributed by atoms with Gasteiger partial charge in [0.15, 0.2) is 0 Å². The van der Waals surface area contributed by atoms with E-state index < -0.39 is 0 Å². The second-order valence-electron chi connectivity index (χ2n) is 3.56. The number of aryl methyl sites for hydroxylation is 2. The minimum atomic E-state index is 0.587. The number of anilines is 1. The molecule has 74 valence electrons. The van der Waals surface area contributed by atoms with E-state index in [1.807, 2.05) is 23.7 Å². The zero-order chi connectivity index (χ0) is 10.1. The van der Waals surface area contributed by atoms with Crippen molar-refractivity contribution in [3.8, 4) is 0 Å². The lowest BCUT2D eigenvalue weighted by molar-refractivity contribution is 0.904. The van der Waals surface area contributed by atoms with Crippen molar-refractivity contribution >= 4 is 17.0 Å². The molecular formula is C11H15N3. The molecule has 0 bridgehead atoms. The van der Waals surface area contributed by atoms with Gasteiger partial charge < -0.3 is 10.3 Å². The fraction of sp³-hybridized carbons (Fsp3) is 0.364. The molecule has 2 N–H and O–H groups in total. The van der Waals surface area contributed by atoms with Crippen LogP contribution in [0.15, 0.2) is 18.2 Å². The number of para-hydroxylation sites is 1. The number of benzene rings is 1. The second kappa shape index (κ2) is 3.33. The summed E-state index contributed by atoms with van der Waals surface area (Å²) in [6.45, 7) is 2.18. The van der Waals surface area contributed by atoms with Gasteiger partial charge in [0.05, 0.1) is 11.0 Å². The molecule has 3 heteroatoms. The zero-order valence-electron chi connectivity index (χ0n) is 8.62. The van der Waals surface area contributed by atoms with Crippen LogP contribution in [0.5, 0.6) is 0 Å². The first-order chi connectivity index (χ1) is 6.74. The van der Waals surface area contributed by atoms with E-state index in [0.29, 0.717) is 5.95 Å². The minimum absolute atomic E-state index is 0.587. The molecule has 0 radical (unpaired) electrons. The Hall–Kier alpha value is -1.51. The van der Waals surface area contributed by atoms with Gasteiger partial charge in [-0.15, -0.1) is 0 Å². The van der Waals surface area contributed by atoms with E-state index in [0.717, 1.165) is 18.4 Å². The number of hydrogen-bond donors (Lipinski definition) is 1. The molecule has 0 amide bonds. The van der Waals surface area contributed by atoms with Crippen molar-refractivity contribution in [2.45, 2.75) is 19.8 Å². The summed E-state index contributed by atoms with van der Waals surface area (Å²) in [5, 5.41) is 0. The van der Waals surface area contributed by atoms with Crippen LogP contribution in [0.1, 0.15) is 18.9 Å². The first-order valence-corrected chi connectivity index (χ1v) is 4.93. The molecule has 0 saturated heterocycles. The highest BCUT2D eigenvalue weighted by atomic mass is 15.1. The van der Waals surface area contributed by atoms with E-state index in [9.17, 15) is 0 Å². The van der Waals surface area contributed by atoms with Crippen molar-refractivity contribution < 1.29 is 0 Å². The predicted octanol–water partition coefficient (Wildman–Crippen LogP) is 2.11. The van der Waals surface area contributed by atoms with Crippen LogP contribution in [0, 0.1) is 0 Å². The summed E-state index contributed by atoms with van der Waals surface area (Å²) in [5.41, 5.74) is 9.27. The lowest BCUT2D eigenvalue weighted by Gasteiger charge is -2.03. The van der Waals surface area contributed by atoms with E-state index in [1.54, 1.807) is 0 Å². The Labute approximate surface area is 83.6 Å². The monoisotopic (exact) mass is 189 g/mol.